The zero-order chi connectivity index (χ0) is 13.9. The van der Waals surface area contributed by atoms with Crippen LogP contribution in [0.4, 0.5) is 0 Å². The average molecular weight is 272 g/mol. The van der Waals surface area contributed by atoms with Crippen LogP contribution in [0.15, 0.2) is 35.5 Å². The summed E-state index contributed by atoms with van der Waals surface area (Å²) in [5.74, 6) is 2.04. The highest BCUT2D eigenvalue weighted by atomic mass is 16.7. The molecule has 2 aliphatic rings. The molecule has 0 radical (unpaired) electrons. The molecule has 4 nitrogen and oxygen atoms in total. The lowest BCUT2D eigenvalue weighted by Gasteiger charge is -2.19. The lowest BCUT2D eigenvalue weighted by molar-refractivity contribution is -0.145. The molecule has 0 aromatic heterocycles. The van der Waals surface area contributed by atoms with E-state index >= 15 is 0 Å². The van der Waals surface area contributed by atoms with Crippen LogP contribution in [0.5, 0.6) is 0 Å². The topological polar surface area (TPSA) is 64.7 Å². The maximum absolute atomic E-state index is 11.8. The molecule has 0 heterocycles. The Hall–Kier alpha value is -1.84. The Bertz CT molecular complexity index is 512. The van der Waals surface area contributed by atoms with E-state index < -0.39 is 0 Å². The molecule has 3 atom stereocenters. The monoisotopic (exact) mass is 272 g/mol. The second-order valence-corrected chi connectivity index (χ2v) is 5.94. The van der Waals surface area contributed by atoms with Gasteiger partial charge >= 0.3 is 5.97 Å². The maximum atomic E-state index is 11.8. The molecule has 2 fully saturated rings. The first-order valence-electron chi connectivity index (χ1n) is 7.31. The van der Waals surface area contributed by atoms with E-state index in [4.69, 9.17) is 10.6 Å². The number of benzene rings is 1. The summed E-state index contributed by atoms with van der Waals surface area (Å²) in [5, 5.41) is 3.74. The zero-order valence-corrected chi connectivity index (χ0v) is 11.5. The van der Waals surface area contributed by atoms with Crippen LogP contribution in [0.2, 0.25) is 0 Å². The summed E-state index contributed by atoms with van der Waals surface area (Å²) >= 11 is 0. The predicted molar refractivity (Wildman–Crippen MR) is 76.8 cm³/mol. The van der Waals surface area contributed by atoms with Crippen molar-refractivity contribution in [2.75, 3.05) is 0 Å². The van der Waals surface area contributed by atoms with Gasteiger partial charge in [-0.2, -0.15) is 0 Å². The van der Waals surface area contributed by atoms with Gasteiger partial charge < -0.3 is 10.6 Å². The molecule has 1 aromatic rings. The molecule has 106 valence electrons. The number of amidine groups is 1. The summed E-state index contributed by atoms with van der Waals surface area (Å²) < 4.78 is 0. The standard InChI is InChI=1S/C16H20N2O2/c17-16(12-4-2-1-3-5-12)18-20-15(19)10-14-9-11-6-7-13(14)8-11/h1-5,11,13-14H,6-10H2,(H2,17,18)/t11-,13-,14+/m1/s1. The van der Waals surface area contributed by atoms with E-state index in [1.54, 1.807) is 0 Å². The Kier molecular flexibility index (Phi) is 3.72. The number of carbonyl (C=O) groups is 1. The van der Waals surface area contributed by atoms with Crippen LogP contribution < -0.4 is 5.73 Å². The summed E-state index contributed by atoms with van der Waals surface area (Å²) in [7, 11) is 0. The molecule has 1 aromatic carbocycles. The minimum Gasteiger partial charge on any atom is -0.380 e. The number of hydrogen-bond donors (Lipinski definition) is 1. The minimum atomic E-state index is -0.263. The third-order valence-corrected chi connectivity index (χ3v) is 4.63. The first kappa shape index (κ1) is 13.2. The maximum Gasteiger partial charge on any atom is 0.335 e. The fraction of sp³-hybridized carbons (Fsp3) is 0.500. The third kappa shape index (κ3) is 2.84. The average Bonchev–Trinajstić information content (AvgIpc) is 3.08. The van der Waals surface area contributed by atoms with Crippen molar-refractivity contribution >= 4 is 11.8 Å². The molecular formula is C16H20N2O2. The van der Waals surface area contributed by atoms with E-state index in [-0.39, 0.29) is 11.8 Å². The van der Waals surface area contributed by atoms with Gasteiger partial charge in [-0.1, -0.05) is 41.9 Å². The summed E-state index contributed by atoms with van der Waals surface area (Å²) in [6.07, 6.45) is 5.57. The smallest absolute Gasteiger partial charge is 0.335 e. The van der Waals surface area contributed by atoms with E-state index in [1.807, 2.05) is 30.3 Å². The number of carbonyl (C=O) groups excluding carboxylic acids is 1. The van der Waals surface area contributed by atoms with Gasteiger partial charge in [0.25, 0.3) is 0 Å². The second-order valence-electron chi connectivity index (χ2n) is 5.94. The molecule has 2 aliphatic carbocycles. The Morgan fingerprint density at radius 1 is 1.25 bits per heavy atom. The lowest BCUT2D eigenvalue weighted by atomic mass is 9.86. The summed E-state index contributed by atoms with van der Waals surface area (Å²) in [5.41, 5.74) is 6.55. The number of nitrogens with two attached hydrogens (primary N) is 1. The van der Waals surface area contributed by atoms with Gasteiger partial charge in [0.2, 0.25) is 0 Å². The van der Waals surface area contributed by atoms with Crippen molar-refractivity contribution in [1.29, 1.82) is 0 Å². The molecular weight excluding hydrogens is 252 g/mol. The van der Waals surface area contributed by atoms with Crippen LogP contribution in [0.1, 0.15) is 37.7 Å². The van der Waals surface area contributed by atoms with Crippen molar-refractivity contribution in [3.8, 4) is 0 Å². The van der Waals surface area contributed by atoms with Crippen molar-refractivity contribution < 1.29 is 9.63 Å². The molecule has 0 amide bonds. The van der Waals surface area contributed by atoms with Crippen LogP contribution in [-0.4, -0.2) is 11.8 Å². The van der Waals surface area contributed by atoms with E-state index in [9.17, 15) is 4.79 Å². The molecule has 0 aliphatic heterocycles. The SMILES string of the molecule is N/C(=N/OC(=O)C[C@@H]1C[C@@H]2CC[C@@H]1C2)c1ccccc1. The van der Waals surface area contributed by atoms with Gasteiger partial charge in [-0.25, -0.2) is 4.79 Å². The quantitative estimate of drug-likeness (QED) is 0.396. The summed E-state index contributed by atoms with van der Waals surface area (Å²) in [4.78, 5) is 16.8. The Labute approximate surface area is 119 Å². The van der Waals surface area contributed by atoms with E-state index in [0.717, 1.165) is 17.4 Å². The molecule has 2 bridgehead atoms. The van der Waals surface area contributed by atoms with E-state index in [1.165, 1.54) is 25.7 Å². The van der Waals surface area contributed by atoms with Crippen LogP contribution in [0.25, 0.3) is 0 Å². The summed E-state index contributed by atoms with van der Waals surface area (Å²) in [6.45, 7) is 0. The highest BCUT2D eigenvalue weighted by molar-refractivity contribution is 5.97. The van der Waals surface area contributed by atoms with Crippen LogP contribution >= 0.6 is 0 Å². The van der Waals surface area contributed by atoms with Crippen molar-refractivity contribution in [3.05, 3.63) is 35.9 Å². The van der Waals surface area contributed by atoms with Gasteiger partial charge in [0.05, 0.1) is 6.42 Å². The molecule has 4 heteroatoms. The normalized spacial score (nSPS) is 28.6. The van der Waals surface area contributed by atoms with Crippen molar-refractivity contribution in [2.45, 2.75) is 32.1 Å². The number of nitrogens with zero attached hydrogens (tertiary/aromatic N) is 1. The van der Waals surface area contributed by atoms with Gasteiger partial charge in [0.1, 0.15) is 0 Å². The Morgan fingerprint density at radius 3 is 2.70 bits per heavy atom. The van der Waals surface area contributed by atoms with E-state index in [2.05, 4.69) is 5.16 Å². The molecule has 20 heavy (non-hydrogen) atoms. The lowest BCUT2D eigenvalue weighted by Crippen LogP contribution is -2.18. The van der Waals surface area contributed by atoms with E-state index in [0.29, 0.717) is 12.3 Å². The number of fused-ring (bicyclic) bond motifs is 2. The van der Waals surface area contributed by atoms with Crippen molar-refractivity contribution in [1.82, 2.24) is 0 Å². The molecule has 3 rings (SSSR count). The van der Waals surface area contributed by atoms with Crippen molar-refractivity contribution in [2.24, 2.45) is 28.6 Å². The Morgan fingerprint density at radius 2 is 2.05 bits per heavy atom. The number of hydrogen-bond acceptors (Lipinski definition) is 3. The summed E-state index contributed by atoms with van der Waals surface area (Å²) in [6, 6.07) is 9.31. The van der Waals surface area contributed by atoms with Gasteiger partial charge in [-0.3, -0.25) is 0 Å². The molecule has 0 saturated heterocycles. The molecule has 0 unspecified atom stereocenters. The minimum absolute atomic E-state index is 0.242. The number of rotatable bonds is 4. The Balaban J connectivity index is 1.52. The highest BCUT2D eigenvalue weighted by Crippen LogP contribution is 2.49. The second kappa shape index (κ2) is 5.65. The third-order valence-electron chi connectivity index (χ3n) is 4.63. The molecule has 2 N–H and O–H groups in total. The van der Waals surface area contributed by atoms with Gasteiger partial charge in [-0.05, 0) is 37.0 Å². The van der Waals surface area contributed by atoms with Gasteiger partial charge in [0.15, 0.2) is 5.84 Å². The fourth-order valence-corrected chi connectivity index (χ4v) is 3.64. The predicted octanol–water partition coefficient (Wildman–Crippen LogP) is 2.68. The largest absolute Gasteiger partial charge is 0.380 e. The van der Waals surface area contributed by atoms with Crippen LogP contribution in [0.3, 0.4) is 0 Å². The first-order chi connectivity index (χ1) is 9.72. The van der Waals surface area contributed by atoms with Crippen LogP contribution in [-0.2, 0) is 9.63 Å². The fourth-order valence-electron chi connectivity index (χ4n) is 3.64. The highest BCUT2D eigenvalue weighted by Gasteiger charge is 2.40. The van der Waals surface area contributed by atoms with Crippen LogP contribution in [0, 0.1) is 17.8 Å². The van der Waals surface area contributed by atoms with Gasteiger partial charge in [-0.15, -0.1) is 0 Å². The molecule has 0 spiro atoms. The molecule has 2 saturated carbocycles. The number of oxime groups is 1. The van der Waals surface area contributed by atoms with Crippen molar-refractivity contribution in [3.63, 3.8) is 0 Å². The first-order valence-corrected chi connectivity index (χ1v) is 7.31. The van der Waals surface area contributed by atoms with Gasteiger partial charge in [0, 0.05) is 5.56 Å². The zero-order valence-electron chi connectivity index (χ0n) is 11.5.